The number of nitrogens with zero attached hydrogens (tertiary/aromatic N) is 2. The van der Waals surface area contributed by atoms with Crippen molar-refractivity contribution in [2.24, 2.45) is 0 Å². The molecule has 1 aliphatic heterocycles. The Labute approximate surface area is 95.4 Å². The number of pyridine rings is 1. The fourth-order valence-corrected chi connectivity index (χ4v) is 2.25. The van der Waals surface area contributed by atoms with Gasteiger partial charge < -0.3 is 0 Å². The normalized spacial score (nSPS) is 22.2. The first-order chi connectivity index (χ1) is 7.22. The number of hydrogen-bond donors (Lipinski definition) is 1. The van der Waals surface area contributed by atoms with E-state index in [2.05, 4.69) is 21.5 Å². The van der Waals surface area contributed by atoms with Gasteiger partial charge in [0.2, 0.25) is 0 Å². The number of hydrogen-bond acceptors (Lipinski definition) is 3. The molecule has 0 unspecified atom stereocenters. The Morgan fingerprint density at radius 2 is 2.40 bits per heavy atom. The van der Waals surface area contributed by atoms with Crippen LogP contribution in [-0.2, 0) is 0 Å². The van der Waals surface area contributed by atoms with E-state index in [9.17, 15) is 0 Å². The fraction of sp³-hybridized carbons (Fsp3) is 0.545. The first-order valence-electron chi connectivity index (χ1n) is 5.28. The Kier molecular flexibility index (Phi) is 3.24. The van der Waals surface area contributed by atoms with Crippen LogP contribution < -0.4 is 5.43 Å². The van der Waals surface area contributed by atoms with E-state index in [0.29, 0.717) is 11.2 Å². The van der Waals surface area contributed by atoms with Crippen LogP contribution in [0.5, 0.6) is 0 Å². The summed E-state index contributed by atoms with van der Waals surface area (Å²) in [6.07, 6.45) is 4.30. The van der Waals surface area contributed by atoms with Gasteiger partial charge in [0.1, 0.15) is 5.15 Å². The standard InChI is InChI=1S/C11H16ClN3/c1-8-6-9(7-14-11(8)12)10-4-3-5-15(10)13-2/h6-7,10,13H,3-5H2,1-2H3/t10-/m0/s1. The summed E-state index contributed by atoms with van der Waals surface area (Å²) in [4.78, 5) is 4.20. The molecule has 1 aromatic heterocycles. The largest absolute Gasteiger partial charge is 0.258 e. The minimum absolute atomic E-state index is 0.443. The highest BCUT2D eigenvalue weighted by Gasteiger charge is 2.25. The SMILES string of the molecule is CNN1CCC[C@H]1c1cnc(Cl)c(C)c1. The van der Waals surface area contributed by atoms with Crippen LogP contribution in [-0.4, -0.2) is 23.6 Å². The molecule has 3 nitrogen and oxygen atoms in total. The molecule has 0 amide bonds. The number of nitrogens with one attached hydrogen (secondary N) is 1. The van der Waals surface area contributed by atoms with Gasteiger partial charge in [-0.2, -0.15) is 0 Å². The maximum Gasteiger partial charge on any atom is 0.131 e. The lowest BCUT2D eigenvalue weighted by molar-refractivity contribution is 0.190. The number of aromatic nitrogens is 1. The molecule has 0 spiro atoms. The van der Waals surface area contributed by atoms with E-state index in [1.807, 2.05) is 20.2 Å². The average molecular weight is 226 g/mol. The third kappa shape index (κ3) is 2.14. The number of halogens is 1. The third-order valence-corrected chi connectivity index (χ3v) is 3.36. The molecule has 1 aromatic rings. The van der Waals surface area contributed by atoms with Crippen LogP contribution in [0.15, 0.2) is 12.3 Å². The number of aryl methyl sites for hydroxylation is 1. The van der Waals surface area contributed by atoms with Crippen LogP contribution in [0, 0.1) is 6.92 Å². The van der Waals surface area contributed by atoms with Crippen molar-refractivity contribution in [2.45, 2.75) is 25.8 Å². The van der Waals surface area contributed by atoms with Gasteiger partial charge in [0, 0.05) is 12.7 Å². The molecule has 0 radical (unpaired) electrons. The van der Waals surface area contributed by atoms with Gasteiger partial charge in [-0.25, -0.2) is 9.99 Å². The Morgan fingerprint density at radius 3 is 3.07 bits per heavy atom. The second-order valence-corrected chi connectivity index (χ2v) is 4.31. The molecule has 1 N–H and O–H groups in total. The molecule has 2 heterocycles. The van der Waals surface area contributed by atoms with Crippen LogP contribution in [0.3, 0.4) is 0 Å². The van der Waals surface area contributed by atoms with Crippen LogP contribution in [0.25, 0.3) is 0 Å². The summed E-state index contributed by atoms with van der Waals surface area (Å²) in [7, 11) is 1.97. The van der Waals surface area contributed by atoms with Gasteiger partial charge in [0.15, 0.2) is 0 Å². The van der Waals surface area contributed by atoms with Gasteiger partial charge in [-0.05, 0) is 44.0 Å². The molecule has 0 saturated carbocycles. The fourth-order valence-electron chi connectivity index (χ4n) is 2.14. The molecule has 1 fully saturated rings. The number of hydrazine groups is 1. The molecular formula is C11H16ClN3. The minimum atomic E-state index is 0.443. The molecule has 2 rings (SSSR count). The number of rotatable bonds is 2. The van der Waals surface area contributed by atoms with E-state index in [0.717, 1.165) is 12.1 Å². The zero-order valence-corrected chi connectivity index (χ0v) is 9.88. The summed E-state index contributed by atoms with van der Waals surface area (Å²) in [6, 6.07) is 2.58. The highest BCUT2D eigenvalue weighted by molar-refractivity contribution is 6.30. The van der Waals surface area contributed by atoms with Crippen molar-refractivity contribution >= 4 is 11.6 Å². The van der Waals surface area contributed by atoms with Crippen LogP contribution in [0.2, 0.25) is 5.15 Å². The topological polar surface area (TPSA) is 28.2 Å². The van der Waals surface area contributed by atoms with E-state index in [-0.39, 0.29) is 0 Å². The summed E-state index contributed by atoms with van der Waals surface area (Å²) in [6.45, 7) is 3.10. The molecular weight excluding hydrogens is 210 g/mol. The van der Waals surface area contributed by atoms with Crippen molar-refractivity contribution < 1.29 is 0 Å². The predicted molar refractivity (Wildman–Crippen MR) is 61.7 cm³/mol. The molecule has 15 heavy (non-hydrogen) atoms. The molecule has 1 saturated heterocycles. The second-order valence-electron chi connectivity index (χ2n) is 3.95. The van der Waals surface area contributed by atoms with Crippen molar-refractivity contribution in [3.05, 3.63) is 28.5 Å². The van der Waals surface area contributed by atoms with E-state index in [1.165, 1.54) is 18.4 Å². The summed E-state index contributed by atoms with van der Waals surface area (Å²) in [5.74, 6) is 0. The summed E-state index contributed by atoms with van der Waals surface area (Å²) < 4.78 is 0. The monoisotopic (exact) mass is 225 g/mol. The van der Waals surface area contributed by atoms with Gasteiger partial charge in [-0.15, -0.1) is 0 Å². The summed E-state index contributed by atoms with van der Waals surface area (Å²) in [5, 5.41) is 2.86. The molecule has 1 atom stereocenters. The quantitative estimate of drug-likeness (QED) is 0.783. The van der Waals surface area contributed by atoms with Gasteiger partial charge in [-0.3, -0.25) is 5.43 Å². The van der Waals surface area contributed by atoms with Crippen LogP contribution in [0.4, 0.5) is 0 Å². The van der Waals surface area contributed by atoms with Gasteiger partial charge in [-0.1, -0.05) is 11.6 Å². The highest BCUT2D eigenvalue weighted by atomic mass is 35.5. The Bertz CT molecular complexity index is 354. The summed E-state index contributed by atoms with van der Waals surface area (Å²) >= 11 is 5.92. The maximum absolute atomic E-state index is 5.92. The van der Waals surface area contributed by atoms with E-state index < -0.39 is 0 Å². The van der Waals surface area contributed by atoms with Crippen molar-refractivity contribution in [1.82, 2.24) is 15.4 Å². The Hall–Kier alpha value is -0.640. The third-order valence-electron chi connectivity index (χ3n) is 2.96. The molecule has 1 aliphatic rings. The average Bonchev–Trinajstić information content (AvgIpc) is 2.70. The zero-order chi connectivity index (χ0) is 10.8. The Morgan fingerprint density at radius 1 is 1.60 bits per heavy atom. The van der Waals surface area contributed by atoms with E-state index in [4.69, 9.17) is 11.6 Å². The van der Waals surface area contributed by atoms with Crippen molar-refractivity contribution in [3.8, 4) is 0 Å². The van der Waals surface area contributed by atoms with Gasteiger partial charge in [0.25, 0.3) is 0 Å². The van der Waals surface area contributed by atoms with Gasteiger partial charge in [0.05, 0.1) is 6.04 Å². The second kappa shape index (κ2) is 4.47. The van der Waals surface area contributed by atoms with Crippen LogP contribution in [0.1, 0.15) is 30.0 Å². The maximum atomic E-state index is 5.92. The molecule has 0 aromatic carbocycles. The minimum Gasteiger partial charge on any atom is -0.258 e. The Balaban J connectivity index is 2.25. The first-order valence-corrected chi connectivity index (χ1v) is 5.66. The first kappa shape index (κ1) is 10.9. The molecule has 0 bridgehead atoms. The molecule has 4 heteroatoms. The summed E-state index contributed by atoms with van der Waals surface area (Å²) in [5.41, 5.74) is 5.53. The van der Waals surface area contributed by atoms with Crippen molar-refractivity contribution in [1.29, 1.82) is 0 Å². The molecule has 82 valence electrons. The van der Waals surface area contributed by atoms with Gasteiger partial charge >= 0.3 is 0 Å². The van der Waals surface area contributed by atoms with E-state index >= 15 is 0 Å². The zero-order valence-electron chi connectivity index (χ0n) is 9.13. The lowest BCUT2D eigenvalue weighted by Gasteiger charge is -2.23. The lowest BCUT2D eigenvalue weighted by Crippen LogP contribution is -2.34. The predicted octanol–water partition coefficient (Wildman–Crippen LogP) is 2.31. The highest BCUT2D eigenvalue weighted by Crippen LogP contribution is 2.30. The van der Waals surface area contributed by atoms with Crippen molar-refractivity contribution in [2.75, 3.05) is 13.6 Å². The van der Waals surface area contributed by atoms with Crippen molar-refractivity contribution in [3.63, 3.8) is 0 Å². The lowest BCUT2D eigenvalue weighted by atomic mass is 10.1. The van der Waals surface area contributed by atoms with Crippen LogP contribution >= 0.6 is 11.6 Å². The van der Waals surface area contributed by atoms with E-state index in [1.54, 1.807) is 0 Å². The smallest absolute Gasteiger partial charge is 0.131 e. The molecule has 0 aliphatic carbocycles.